The average molecular weight is 259 g/mol. The second-order valence-corrected chi connectivity index (χ2v) is 5.88. The molecule has 0 saturated carbocycles. The van der Waals surface area contributed by atoms with Gasteiger partial charge in [0.1, 0.15) is 0 Å². The van der Waals surface area contributed by atoms with Crippen molar-refractivity contribution >= 4 is 15.8 Å². The quantitative estimate of drug-likeness (QED) is 0.800. The second-order valence-electron chi connectivity index (χ2n) is 3.58. The first kappa shape index (κ1) is 13.7. The van der Waals surface area contributed by atoms with Gasteiger partial charge < -0.3 is 10.1 Å². The van der Waals surface area contributed by atoms with Crippen molar-refractivity contribution in [1.29, 1.82) is 0 Å². The van der Waals surface area contributed by atoms with Gasteiger partial charge in [0.05, 0.1) is 12.9 Å². The van der Waals surface area contributed by atoms with Crippen molar-refractivity contribution in [2.75, 3.05) is 38.8 Å². The summed E-state index contributed by atoms with van der Waals surface area (Å²) in [5.41, 5.74) is 0. The number of hydrogen-bond donors (Lipinski definition) is 1. The van der Waals surface area contributed by atoms with Crippen LogP contribution in [0.25, 0.3) is 0 Å². The van der Waals surface area contributed by atoms with Crippen molar-refractivity contribution in [3.05, 3.63) is 18.3 Å². The van der Waals surface area contributed by atoms with E-state index in [-0.39, 0.29) is 12.3 Å². The van der Waals surface area contributed by atoms with E-state index in [1.54, 1.807) is 25.4 Å². The lowest BCUT2D eigenvalue weighted by molar-refractivity contribution is 0.415. The smallest absolute Gasteiger partial charge is 0.215 e. The molecule has 0 aromatic carbocycles. The van der Waals surface area contributed by atoms with Crippen LogP contribution < -0.4 is 10.1 Å². The van der Waals surface area contributed by atoms with E-state index < -0.39 is 10.0 Å². The van der Waals surface area contributed by atoms with E-state index in [2.05, 4.69) is 10.3 Å². The molecule has 7 heteroatoms. The number of pyridine rings is 1. The van der Waals surface area contributed by atoms with E-state index in [9.17, 15) is 8.42 Å². The van der Waals surface area contributed by atoms with E-state index in [1.165, 1.54) is 18.4 Å². The highest BCUT2D eigenvalue weighted by atomic mass is 32.2. The Balaban J connectivity index is 2.57. The first-order valence-electron chi connectivity index (χ1n) is 5.10. The molecule has 0 aliphatic carbocycles. The summed E-state index contributed by atoms with van der Waals surface area (Å²) in [7, 11) is 1.38. The number of rotatable bonds is 6. The minimum atomic E-state index is -3.19. The fourth-order valence-corrected chi connectivity index (χ4v) is 1.89. The van der Waals surface area contributed by atoms with Crippen LogP contribution in [0, 0.1) is 0 Å². The molecule has 1 aromatic rings. The molecule has 0 unspecified atom stereocenters. The van der Waals surface area contributed by atoms with Crippen LogP contribution in [0.15, 0.2) is 18.3 Å². The lowest BCUT2D eigenvalue weighted by atomic mass is 10.4. The summed E-state index contributed by atoms with van der Waals surface area (Å²) in [6.07, 6.45) is 1.62. The average Bonchev–Trinajstić information content (AvgIpc) is 2.29. The number of methoxy groups -OCH3 is 1. The molecule has 96 valence electrons. The highest BCUT2D eigenvalue weighted by Gasteiger charge is 2.13. The summed E-state index contributed by atoms with van der Waals surface area (Å²) >= 11 is 0. The second kappa shape index (κ2) is 5.83. The molecule has 0 spiro atoms. The van der Waals surface area contributed by atoms with E-state index >= 15 is 0 Å². The van der Waals surface area contributed by atoms with Gasteiger partial charge in [-0.15, -0.1) is 0 Å². The van der Waals surface area contributed by atoms with Crippen LogP contribution in [-0.2, 0) is 10.0 Å². The van der Waals surface area contributed by atoms with Gasteiger partial charge in [-0.3, -0.25) is 0 Å². The fraction of sp³-hybridized carbons (Fsp3) is 0.500. The van der Waals surface area contributed by atoms with E-state index in [4.69, 9.17) is 4.74 Å². The topological polar surface area (TPSA) is 71.5 Å². The predicted octanol–water partition coefficient (Wildman–Crippen LogP) is 0.393. The van der Waals surface area contributed by atoms with Crippen molar-refractivity contribution in [2.45, 2.75) is 0 Å². The number of nitrogens with zero attached hydrogens (tertiary/aromatic N) is 2. The van der Waals surface area contributed by atoms with Gasteiger partial charge in [-0.25, -0.2) is 17.7 Å². The molecule has 0 bridgehead atoms. The highest BCUT2D eigenvalue weighted by Crippen LogP contribution is 2.19. The number of nitrogens with one attached hydrogen (secondary N) is 1. The minimum absolute atomic E-state index is 0.0136. The van der Waals surface area contributed by atoms with Crippen molar-refractivity contribution < 1.29 is 13.2 Å². The maximum absolute atomic E-state index is 11.5. The molecular weight excluding hydrogens is 242 g/mol. The molecule has 17 heavy (non-hydrogen) atoms. The normalized spacial score (nSPS) is 11.5. The standard InChI is InChI=1S/C10H17N3O3S/c1-13(2)17(14,15)8-7-12-10-9(16-3)5-4-6-11-10/h4-6H,7-8H2,1-3H3,(H,11,12). The minimum Gasteiger partial charge on any atom is -0.493 e. The highest BCUT2D eigenvalue weighted by molar-refractivity contribution is 7.89. The summed E-state index contributed by atoms with van der Waals surface area (Å²) in [5.74, 6) is 1.15. The lowest BCUT2D eigenvalue weighted by Gasteiger charge is -2.13. The van der Waals surface area contributed by atoms with Gasteiger partial charge in [0, 0.05) is 26.8 Å². The van der Waals surface area contributed by atoms with E-state index in [1.807, 2.05) is 0 Å². The van der Waals surface area contributed by atoms with E-state index in [0.29, 0.717) is 11.6 Å². The van der Waals surface area contributed by atoms with Gasteiger partial charge in [0.2, 0.25) is 10.0 Å². The van der Waals surface area contributed by atoms with Gasteiger partial charge in [0.25, 0.3) is 0 Å². The van der Waals surface area contributed by atoms with Gasteiger partial charge in [-0.05, 0) is 12.1 Å². The summed E-state index contributed by atoms with van der Waals surface area (Å²) in [6.45, 7) is 0.286. The van der Waals surface area contributed by atoms with Gasteiger partial charge >= 0.3 is 0 Å². The van der Waals surface area contributed by atoms with Crippen LogP contribution >= 0.6 is 0 Å². The number of anilines is 1. The third kappa shape index (κ3) is 3.86. The number of sulfonamides is 1. The molecule has 0 aliphatic heterocycles. The van der Waals surface area contributed by atoms with Crippen LogP contribution in [0.5, 0.6) is 5.75 Å². The van der Waals surface area contributed by atoms with Crippen LogP contribution in [-0.4, -0.2) is 51.2 Å². The Morgan fingerprint density at radius 1 is 1.47 bits per heavy atom. The molecule has 1 heterocycles. The molecule has 0 radical (unpaired) electrons. The lowest BCUT2D eigenvalue weighted by Crippen LogP contribution is -2.28. The molecule has 1 N–H and O–H groups in total. The van der Waals surface area contributed by atoms with Crippen LogP contribution in [0.3, 0.4) is 0 Å². The molecule has 6 nitrogen and oxygen atoms in total. The van der Waals surface area contributed by atoms with Crippen LogP contribution in [0.4, 0.5) is 5.82 Å². The predicted molar refractivity (Wildman–Crippen MR) is 66.8 cm³/mol. The summed E-state index contributed by atoms with van der Waals surface area (Å²) in [5, 5.41) is 2.93. The maximum Gasteiger partial charge on any atom is 0.215 e. The summed E-state index contributed by atoms with van der Waals surface area (Å²) in [6, 6.07) is 3.51. The Kier molecular flexibility index (Phi) is 4.71. The largest absolute Gasteiger partial charge is 0.493 e. The molecule has 0 saturated heterocycles. The van der Waals surface area contributed by atoms with Crippen molar-refractivity contribution in [1.82, 2.24) is 9.29 Å². The Labute approximate surface area is 102 Å². The summed E-state index contributed by atoms with van der Waals surface area (Å²) in [4.78, 5) is 4.07. The van der Waals surface area contributed by atoms with Crippen molar-refractivity contribution in [3.63, 3.8) is 0 Å². The Hall–Kier alpha value is -1.34. The molecule has 1 aromatic heterocycles. The first-order chi connectivity index (χ1) is 7.97. The molecule has 1 rings (SSSR count). The third-order valence-corrected chi connectivity index (χ3v) is 4.03. The van der Waals surface area contributed by atoms with Gasteiger partial charge in [-0.2, -0.15) is 0 Å². The first-order valence-corrected chi connectivity index (χ1v) is 6.71. The number of ether oxygens (including phenoxy) is 1. The third-order valence-electron chi connectivity index (χ3n) is 2.20. The Morgan fingerprint density at radius 2 is 2.18 bits per heavy atom. The molecule has 0 atom stereocenters. The zero-order valence-electron chi connectivity index (χ0n) is 10.2. The van der Waals surface area contributed by atoms with Crippen LogP contribution in [0.2, 0.25) is 0 Å². The molecule has 0 aliphatic rings. The zero-order chi connectivity index (χ0) is 12.9. The monoisotopic (exact) mass is 259 g/mol. The van der Waals surface area contributed by atoms with E-state index in [0.717, 1.165) is 0 Å². The Bertz CT molecular complexity index is 460. The van der Waals surface area contributed by atoms with Crippen molar-refractivity contribution in [3.8, 4) is 5.75 Å². The Morgan fingerprint density at radius 3 is 2.76 bits per heavy atom. The SMILES string of the molecule is COc1cccnc1NCCS(=O)(=O)N(C)C. The number of hydrogen-bond acceptors (Lipinski definition) is 5. The van der Waals surface area contributed by atoms with Crippen LogP contribution in [0.1, 0.15) is 0 Å². The molecular formula is C10H17N3O3S. The van der Waals surface area contributed by atoms with Gasteiger partial charge in [-0.1, -0.05) is 0 Å². The van der Waals surface area contributed by atoms with Crippen molar-refractivity contribution in [2.24, 2.45) is 0 Å². The maximum atomic E-state index is 11.5. The number of aromatic nitrogens is 1. The van der Waals surface area contributed by atoms with Gasteiger partial charge in [0.15, 0.2) is 11.6 Å². The fourth-order valence-electron chi connectivity index (χ4n) is 1.17. The molecule has 0 amide bonds. The molecule has 0 fully saturated rings. The zero-order valence-corrected chi connectivity index (χ0v) is 11.0. The summed E-state index contributed by atoms with van der Waals surface area (Å²) < 4.78 is 29.3.